The number of para-hydroxylation sites is 2. The van der Waals surface area contributed by atoms with E-state index in [0.29, 0.717) is 0 Å². The van der Waals surface area contributed by atoms with Crippen LogP contribution < -0.4 is 0 Å². The van der Waals surface area contributed by atoms with E-state index in [0.717, 1.165) is 43.9 Å². The highest BCUT2D eigenvalue weighted by atomic mass is 16.3. The third kappa shape index (κ3) is 4.15. The highest BCUT2D eigenvalue weighted by Gasteiger charge is 2.39. The molecule has 3 nitrogen and oxygen atoms in total. The van der Waals surface area contributed by atoms with E-state index in [1.165, 1.54) is 104 Å². The fourth-order valence-corrected chi connectivity index (χ4v) is 11.5. The van der Waals surface area contributed by atoms with Crippen LogP contribution in [0, 0.1) is 0 Å². The second-order valence-electron chi connectivity index (χ2n) is 18.1. The Morgan fingerprint density at radius 1 is 0.371 bits per heavy atom. The standard InChI is InChI=1S/C59H35NO2/c1-59(2)49-12-6-3-9-40(49)46-31-47-43-27-38-23-32(34-19-21-54-44(25-34)41-10-4-7-13-52(41)61-54)15-17-36(38)29-50(43)60-51-30-37-18-16-33(24-39(37)28-48(51)56(57(46)59)58(47)60)35-20-22-55-45(26-35)42-11-5-8-14-53(42)62-55/h3-31H,1-2H3. The molecule has 4 aromatic heterocycles. The Balaban J connectivity index is 0.982. The topological polar surface area (TPSA) is 30.7 Å². The Labute approximate surface area is 355 Å². The van der Waals surface area contributed by atoms with Crippen LogP contribution in [-0.2, 0) is 5.41 Å². The molecule has 15 rings (SSSR count). The predicted octanol–water partition coefficient (Wildman–Crippen LogP) is 16.6. The van der Waals surface area contributed by atoms with Crippen molar-refractivity contribution in [1.29, 1.82) is 0 Å². The van der Waals surface area contributed by atoms with Gasteiger partial charge in [-0.25, -0.2) is 0 Å². The summed E-state index contributed by atoms with van der Waals surface area (Å²) in [6.45, 7) is 4.83. The van der Waals surface area contributed by atoms with E-state index in [4.69, 9.17) is 8.83 Å². The lowest BCUT2D eigenvalue weighted by Gasteiger charge is -2.22. The molecule has 3 heteroatoms. The Morgan fingerprint density at radius 3 is 1.53 bits per heavy atom. The van der Waals surface area contributed by atoms with Crippen molar-refractivity contribution in [1.82, 2.24) is 4.40 Å². The molecule has 0 fully saturated rings. The first-order valence-electron chi connectivity index (χ1n) is 21.6. The molecule has 0 saturated heterocycles. The summed E-state index contributed by atoms with van der Waals surface area (Å²) in [6.07, 6.45) is 0. The summed E-state index contributed by atoms with van der Waals surface area (Å²) in [5.74, 6) is 0. The van der Waals surface area contributed by atoms with Crippen LogP contribution in [0.25, 0.3) is 137 Å². The van der Waals surface area contributed by atoms with Crippen LogP contribution >= 0.6 is 0 Å². The van der Waals surface area contributed by atoms with E-state index in [2.05, 4.69) is 170 Å². The van der Waals surface area contributed by atoms with Gasteiger partial charge in [-0.1, -0.05) is 111 Å². The first-order valence-corrected chi connectivity index (χ1v) is 21.6. The lowest BCUT2D eigenvalue weighted by Crippen LogP contribution is -2.15. The van der Waals surface area contributed by atoms with Crippen molar-refractivity contribution in [3.05, 3.63) is 187 Å². The van der Waals surface area contributed by atoms with Crippen LogP contribution in [0.3, 0.4) is 0 Å². The monoisotopic (exact) mass is 789 g/mol. The van der Waals surface area contributed by atoms with E-state index in [1.54, 1.807) is 0 Å². The van der Waals surface area contributed by atoms with E-state index in [-0.39, 0.29) is 5.41 Å². The van der Waals surface area contributed by atoms with Crippen molar-refractivity contribution in [3.63, 3.8) is 0 Å². The second-order valence-corrected chi connectivity index (χ2v) is 18.1. The molecule has 1 aliphatic rings. The fraction of sp³-hybridized carbons (Fsp3) is 0.0508. The molecule has 0 radical (unpaired) electrons. The molecule has 0 aliphatic heterocycles. The van der Waals surface area contributed by atoms with Gasteiger partial charge in [-0.3, -0.25) is 0 Å². The largest absolute Gasteiger partial charge is 0.456 e. The molecule has 288 valence electrons. The molecule has 0 saturated carbocycles. The molecule has 1 aliphatic carbocycles. The maximum Gasteiger partial charge on any atom is 0.135 e. The van der Waals surface area contributed by atoms with E-state index in [1.807, 2.05) is 24.3 Å². The first kappa shape index (κ1) is 32.9. The smallest absolute Gasteiger partial charge is 0.135 e. The molecular formula is C59H35NO2. The van der Waals surface area contributed by atoms with Crippen LogP contribution in [0.15, 0.2) is 185 Å². The minimum absolute atomic E-state index is 0.168. The van der Waals surface area contributed by atoms with Crippen LogP contribution in [-0.4, -0.2) is 4.40 Å². The van der Waals surface area contributed by atoms with Gasteiger partial charge in [-0.05, 0) is 145 Å². The van der Waals surface area contributed by atoms with Crippen molar-refractivity contribution in [3.8, 4) is 33.4 Å². The molecule has 10 aromatic carbocycles. The number of nitrogens with zero attached hydrogens (tertiary/aromatic N) is 1. The third-order valence-electron chi connectivity index (χ3n) is 14.4. The van der Waals surface area contributed by atoms with Gasteiger partial charge in [0.25, 0.3) is 0 Å². The zero-order valence-corrected chi connectivity index (χ0v) is 34.0. The molecule has 0 spiro atoms. The molecule has 0 atom stereocenters. The SMILES string of the molecule is CC1(C)c2ccccc2-c2cc3c4cc5cc(-c6ccc7oc8ccccc8c7c6)ccc5cc4n4c5cc6ccc(-c7ccc8oc9ccccc9c8c7)cc6cc5c(c21)c34. The molecule has 4 heterocycles. The normalized spacial score (nSPS) is 13.8. The van der Waals surface area contributed by atoms with Gasteiger partial charge >= 0.3 is 0 Å². The second kappa shape index (κ2) is 11.3. The quantitative estimate of drug-likeness (QED) is 0.175. The molecular weight excluding hydrogens is 755 g/mol. The van der Waals surface area contributed by atoms with E-state index >= 15 is 0 Å². The zero-order chi connectivity index (χ0) is 40.6. The molecule has 0 N–H and O–H groups in total. The fourth-order valence-electron chi connectivity index (χ4n) is 11.5. The summed E-state index contributed by atoms with van der Waals surface area (Å²) in [5.41, 5.74) is 17.6. The van der Waals surface area contributed by atoms with E-state index in [9.17, 15) is 0 Å². The number of rotatable bonds is 2. The Hall–Kier alpha value is -7.88. The minimum atomic E-state index is -0.168. The van der Waals surface area contributed by atoms with Crippen molar-refractivity contribution in [2.75, 3.05) is 0 Å². The van der Waals surface area contributed by atoms with Gasteiger partial charge in [0.15, 0.2) is 0 Å². The average Bonchev–Trinajstić information content (AvgIpc) is 4.09. The summed E-state index contributed by atoms with van der Waals surface area (Å²) in [6, 6.07) is 65.0. The van der Waals surface area contributed by atoms with E-state index < -0.39 is 0 Å². The van der Waals surface area contributed by atoms with Crippen molar-refractivity contribution < 1.29 is 8.83 Å². The lowest BCUT2D eigenvalue weighted by atomic mass is 9.80. The molecule has 0 amide bonds. The summed E-state index contributed by atoms with van der Waals surface area (Å²) in [5, 5.41) is 14.8. The lowest BCUT2D eigenvalue weighted by molar-refractivity contribution is 0.666. The summed E-state index contributed by atoms with van der Waals surface area (Å²) < 4.78 is 14.9. The number of benzene rings is 10. The minimum Gasteiger partial charge on any atom is -0.456 e. The zero-order valence-electron chi connectivity index (χ0n) is 34.0. The third-order valence-corrected chi connectivity index (χ3v) is 14.4. The molecule has 0 unspecified atom stereocenters. The van der Waals surface area contributed by atoms with Crippen LogP contribution in [0.5, 0.6) is 0 Å². The van der Waals surface area contributed by atoms with Gasteiger partial charge in [0.05, 0.1) is 16.6 Å². The van der Waals surface area contributed by atoms with Crippen LogP contribution in [0.4, 0.5) is 0 Å². The number of fused-ring (bicyclic) bond motifs is 18. The number of furan rings is 2. The maximum atomic E-state index is 6.19. The highest BCUT2D eigenvalue weighted by Crippen LogP contribution is 2.56. The summed E-state index contributed by atoms with van der Waals surface area (Å²) >= 11 is 0. The first-order chi connectivity index (χ1) is 30.4. The number of hydrogen-bond acceptors (Lipinski definition) is 2. The summed E-state index contributed by atoms with van der Waals surface area (Å²) in [4.78, 5) is 0. The van der Waals surface area contributed by atoms with Crippen molar-refractivity contribution in [2.45, 2.75) is 19.3 Å². The van der Waals surface area contributed by atoms with Gasteiger partial charge in [-0.15, -0.1) is 0 Å². The van der Waals surface area contributed by atoms with Gasteiger partial charge < -0.3 is 13.2 Å². The predicted molar refractivity (Wildman–Crippen MR) is 259 cm³/mol. The Bertz CT molecular complexity index is 4300. The van der Waals surface area contributed by atoms with Crippen molar-refractivity contribution in [2.24, 2.45) is 0 Å². The highest BCUT2D eigenvalue weighted by molar-refractivity contribution is 6.29. The Kier molecular flexibility index (Phi) is 5.99. The van der Waals surface area contributed by atoms with Crippen LogP contribution in [0.1, 0.15) is 25.0 Å². The maximum absolute atomic E-state index is 6.19. The van der Waals surface area contributed by atoms with Crippen LogP contribution in [0.2, 0.25) is 0 Å². The number of hydrogen-bond donors (Lipinski definition) is 0. The van der Waals surface area contributed by atoms with Gasteiger partial charge in [0.2, 0.25) is 0 Å². The Morgan fingerprint density at radius 2 is 0.887 bits per heavy atom. The van der Waals surface area contributed by atoms with Gasteiger partial charge in [-0.2, -0.15) is 0 Å². The van der Waals surface area contributed by atoms with Gasteiger partial charge in [0, 0.05) is 48.5 Å². The molecule has 62 heavy (non-hydrogen) atoms. The van der Waals surface area contributed by atoms with Crippen molar-refractivity contribution >= 4 is 104 Å². The molecule has 14 aromatic rings. The number of aromatic nitrogens is 1. The van der Waals surface area contributed by atoms with Gasteiger partial charge in [0.1, 0.15) is 22.3 Å². The average molecular weight is 790 g/mol. The molecule has 0 bridgehead atoms. The summed E-state index contributed by atoms with van der Waals surface area (Å²) in [7, 11) is 0.